The highest BCUT2D eigenvalue weighted by Gasteiger charge is 2.31. The minimum absolute atomic E-state index is 0.148. The maximum absolute atomic E-state index is 13.5. The highest BCUT2D eigenvalue weighted by atomic mass is 19.4. The molecule has 7 heteroatoms. The van der Waals surface area contributed by atoms with E-state index < -0.39 is 11.7 Å². The SMILES string of the molecule is Cc1ccc(C(=O)Cc2cc(Cn3cccc3)cc(C(F)(F)F)c2)cc1C#Cc1cncnc1. The van der Waals surface area contributed by atoms with E-state index in [1.165, 1.54) is 6.33 Å². The second kappa shape index (κ2) is 9.75. The monoisotopic (exact) mass is 459 g/mol. The first kappa shape index (κ1) is 23.0. The number of hydrogen-bond donors (Lipinski definition) is 0. The fourth-order valence-electron chi connectivity index (χ4n) is 3.53. The van der Waals surface area contributed by atoms with Crippen molar-refractivity contribution >= 4 is 5.78 Å². The Morgan fingerprint density at radius 2 is 1.68 bits per heavy atom. The van der Waals surface area contributed by atoms with Gasteiger partial charge in [-0.15, -0.1) is 0 Å². The van der Waals surface area contributed by atoms with E-state index in [9.17, 15) is 18.0 Å². The molecule has 0 unspecified atom stereocenters. The van der Waals surface area contributed by atoms with E-state index in [-0.39, 0.29) is 18.7 Å². The van der Waals surface area contributed by atoms with Crippen LogP contribution in [-0.2, 0) is 19.1 Å². The lowest BCUT2D eigenvalue weighted by molar-refractivity contribution is -0.137. The lowest BCUT2D eigenvalue weighted by atomic mass is 9.96. The van der Waals surface area contributed by atoms with Gasteiger partial charge in [-0.2, -0.15) is 13.2 Å². The molecule has 4 aromatic rings. The molecule has 2 aromatic heterocycles. The molecule has 170 valence electrons. The Kier molecular flexibility index (Phi) is 6.60. The summed E-state index contributed by atoms with van der Waals surface area (Å²) in [6.45, 7) is 2.16. The number of benzene rings is 2. The molecule has 0 amide bonds. The molecule has 0 bridgehead atoms. The second-order valence-corrected chi connectivity index (χ2v) is 7.90. The number of carbonyl (C=O) groups excluding carboxylic acids is 1. The minimum atomic E-state index is -4.50. The molecule has 2 aromatic carbocycles. The van der Waals surface area contributed by atoms with Crippen LogP contribution in [-0.4, -0.2) is 20.3 Å². The third-order valence-electron chi connectivity index (χ3n) is 5.24. The molecule has 4 nitrogen and oxygen atoms in total. The molecule has 2 heterocycles. The van der Waals surface area contributed by atoms with Crippen LogP contribution in [0.15, 0.2) is 79.6 Å². The second-order valence-electron chi connectivity index (χ2n) is 7.90. The summed E-state index contributed by atoms with van der Waals surface area (Å²) in [5.41, 5.74) is 2.61. The number of aryl methyl sites for hydroxylation is 1. The summed E-state index contributed by atoms with van der Waals surface area (Å²) in [5, 5.41) is 0. The maximum atomic E-state index is 13.5. The number of ketones is 1. The van der Waals surface area contributed by atoms with Gasteiger partial charge in [0.15, 0.2) is 5.78 Å². The van der Waals surface area contributed by atoms with Crippen LogP contribution in [0.5, 0.6) is 0 Å². The summed E-state index contributed by atoms with van der Waals surface area (Å²) < 4.78 is 42.3. The van der Waals surface area contributed by atoms with Gasteiger partial charge in [-0.1, -0.05) is 30.0 Å². The Balaban J connectivity index is 1.60. The number of aromatic nitrogens is 3. The molecule has 0 aliphatic rings. The van der Waals surface area contributed by atoms with Crippen molar-refractivity contribution in [3.8, 4) is 11.8 Å². The number of hydrogen-bond acceptors (Lipinski definition) is 3. The molecule has 0 atom stereocenters. The minimum Gasteiger partial charge on any atom is -0.350 e. The van der Waals surface area contributed by atoms with Gasteiger partial charge in [-0.3, -0.25) is 4.79 Å². The van der Waals surface area contributed by atoms with E-state index in [0.717, 1.165) is 17.7 Å². The standard InChI is InChI=1S/C27H20F3N3O/c1-19-4-6-24(14-23(19)7-5-20-15-31-18-32-16-20)26(34)13-21-10-22(17-33-8-2-3-9-33)12-25(11-21)27(28,29)30/h2-4,6,8-12,14-16,18H,13,17H2,1H3. The van der Waals surface area contributed by atoms with Crippen molar-refractivity contribution in [3.05, 3.63) is 119 Å². The molecular formula is C27H20F3N3O. The van der Waals surface area contributed by atoms with Gasteiger partial charge in [0, 0.05) is 48.9 Å². The van der Waals surface area contributed by atoms with E-state index in [0.29, 0.717) is 27.8 Å². The van der Waals surface area contributed by atoms with Gasteiger partial charge in [0.25, 0.3) is 0 Å². The number of carbonyl (C=O) groups is 1. The van der Waals surface area contributed by atoms with E-state index >= 15 is 0 Å². The Bertz CT molecular complexity index is 1370. The molecule has 0 aliphatic heterocycles. The zero-order valence-electron chi connectivity index (χ0n) is 18.3. The number of nitrogens with zero attached hydrogens (tertiary/aromatic N) is 3. The molecule has 0 fully saturated rings. The largest absolute Gasteiger partial charge is 0.416 e. The fraction of sp³-hybridized carbons (Fsp3) is 0.148. The molecule has 0 N–H and O–H groups in total. The van der Waals surface area contributed by atoms with Crippen LogP contribution in [0, 0.1) is 18.8 Å². The highest BCUT2D eigenvalue weighted by molar-refractivity contribution is 5.98. The lowest BCUT2D eigenvalue weighted by Gasteiger charge is -2.13. The first-order valence-electron chi connectivity index (χ1n) is 10.5. The topological polar surface area (TPSA) is 47.8 Å². The van der Waals surface area contributed by atoms with Crippen molar-refractivity contribution in [3.63, 3.8) is 0 Å². The van der Waals surface area contributed by atoms with Gasteiger partial charge in [-0.05, 0) is 53.9 Å². The van der Waals surface area contributed by atoms with Gasteiger partial charge >= 0.3 is 6.18 Å². The Hall–Kier alpha value is -4.18. The fourth-order valence-corrected chi connectivity index (χ4v) is 3.53. The van der Waals surface area contributed by atoms with Crippen LogP contribution in [0.25, 0.3) is 0 Å². The van der Waals surface area contributed by atoms with Crippen molar-refractivity contribution in [1.82, 2.24) is 14.5 Å². The predicted octanol–water partition coefficient (Wildman–Crippen LogP) is 5.48. The summed E-state index contributed by atoms with van der Waals surface area (Å²) in [4.78, 5) is 20.8. The summed E-state index contributed by atoms with van der Waals surface area (Å²) in [6, 6.07) is 12.6. The van der Waals surface area contributed by atoms with Crippen molar-refractivity contribution in [2.75, 3.05) is 0 Å². The van der Waals surface area contributed by atoms with Gasteiger partial charge in [0.1, 0.15) is 6.33 Å². The average Bonchev–Trinajstić information content (AvgIpc) is 3.31. The zero-order chi connectivity index (χ0) is 24.1. The molecule has 0 aliphatic carbocycles. The number of rotatable bonds is 5. The number of halogens is 3. The van der Waals surface area contributed by atoms with Crippen molar-refractivity contribution in [2.45, 2.75) is 26.1 Å². The maximum Gasteiger partial charge on any atom is 0.416 e. The Labute approximate surface area is 195 Å². The van der Waals surface area contributed by atoms with Gasteiger partial charge in [0.05, 0.1) is 11.1 Å². The third-order valence-corrected chi connectivity index (χ3v) is 5.24. The van der Waals surface area contributed by atoms with Gasteiger partial charge < -0.3 is 4.57 Å². The number of Topliss-reactive ketones (excluding diaryl/α,β-unsaturated/α-hetero) is 1. The van der Waals surface area contributed by atoms with Gasteiger partial charge in [-0.25, -0.2) is 9.97 Å². The number of alkyl halides is 3. The zero-order valence-corrected chi connectivity index (χ0v) is 18.3. The molecule has 0 saturated heterocycles. The van der Waals surface area contributed by atoms with Crippen LogP contribution in [0.3, 0.4) is 0 Å². The first-order valence-corrected chi connectivity index (χ1v) is 10.5. The highest BCUT2D eigenvalue weighted by Crippen LogP contribution is 2.31. The Morgan fingerprint density at radius 3 is 2.38 bits per heavy atom. The molecular weight excluding hydrogens is 439 g/mol. The molecule has 34 heavy (non-hydrogen) atoms. The van der Waals surface area contributed by atoms with Crippen LogP contribution >= 0.6 is 0 Å². The molecule has 0 spiro atoms. The summed E-state index contributed by atoms with van der Waals surface area (Å²) in [5.74, 6) is 5.69. The van der Waals surface area contributed by atoms with E-state index in [1.807, 2.05) is 6.92 Å². The van der Waals surface area contributed by atoms with Crippen LogP contribution in [0.2, 0.25) is 0 Å². The quantitative estimate of drug-likeness (QED) is 0.293. The van der Waals surface area contributed by atoms with E-state index in [1.54, 1.807) is 65.8 Å². The van der Waals surface area contributed by atoms with E-state index in [2.05, 4.69) is 21.8 Å². The summed E-state index contributed by atoms with van der Waals surface area (Å²) in [7, 11) is 0. The first-order chi connectivity index (χ1) is 16.3. The summed E-state index contributed by atoms with van der Waals surface area (Å²) >= 11 is 0. The third kappa shape index (κ3) is 5.78. The summed E-state index contributed by atoms with van der Waals surface area (Å²) in [6.07, 6.45) is 3.49. The average molecular weight is 459 g/mol. The molecule has 0 radical (unpaired) electrons. The predicted molar refractivity (Wildman–Crippen MR) is 122 cm³/mol. The normalized spacial score (nSPS) is 11.1. The van der Waals surface area contributed by atoms with Crippen LogP contribution < -0.4 is 0 Å². The van der Waals surface area contributed by atoms with Gasteiger partial charge in [0.2, 0.25) is 0 Å². The molecule has 4 rings (SSSR count). The smallest absolute Gasteiger partial charge is 0.350 e. The van der Waals surface area contributed by atoms with Crippen molar-refractivity contribution in [2.24, 2.45) is 0 Å². The van der Waals surface area contributed by atoms with Crippen LogP contribution in [0.1, 0.15) is 43.7 Å². The van der Waals surface area contributed by atoms with Crippen molar-refractivity contribution in [1.29, 1.82) is 0 Å². The molecule has 0 saturated carbocycles. The lowest BCUT2D eigenvalue weighted by Crippen LogP contribution is -2.10. The van der Waals surface area contributed by atoms with E-state index in [4.69, 9.17) is 0 Å². The van der Waals surface area contributed by atoms with Crippen molar-refractivity contribution < 1.29 is 18.0 Å². The Morgan fingerprint density at radius 1 is 0.971 bits per heavy atom. The van der Waals surface area contributed by atoms with Crippen LogP contribution in [0.4, 0.5) is 13.2 Å².